The highest BCUT2D eigenvalue weighted by molar-refractivity contribution is 5.93. The summed E-state index contributed by atoms with van der Waals surface area (Å²) in [4.78, 5) is 26.3. The normalized spacial score (nSPS) is 22.9. The van der Waals surface area contributed by atoms with Crippen molar-refractivity contribution >= 4 is 17.6 Å². The predicted octanol–water partition coefficient (Wildman–Crippen LogP) is 2.35. The SMILES string of the molecule is O=C1CN(C(=O)Nc2ccc(-c3ccn[nH]3)cc2)[C@@H]2CCCC[C@H]2N1. The van der Waals surface area contributed by atoms with Gasteiger partial charge in [0.1, 0.15) is 6.54 Å². The first-order valence-corrected chi connectivity index (χ1v) is 8.67. The minimum Gasteiger partial charge on any atom is -0.350 e. The topological polar surface area (TPSA) is 90.1 Å². The van der Waals surface area contributed by atoms with Gasteiger partial charge in [0.25, 0.3) is 0 Å². The lowest BCUT2D eigenvalue weighted by molar-refractivity contribution is -0.126. The van der Waals surface area contributed by atoms with E-state index in [0.29, 0.717) is 5.69 Å². The lowest BCUT2D eigenvalue weighted by Crippen LogP contribution is -2.63. The molecule has 1 saturated heterocycles. The number of anilines is 1. The van der Waals surface area contributed by atoms with Gasteiger partial charge in [-0.05, 0) is 36.6 Å². The van der Waals surface area contributed by atoms with Gasteiger partial charge in [-0.2, -0.15) is 5.10 Å². The molecule has 130 valence electrons. The first-order chi connectivity index (χ1) is 12.2. The zero-order chi connectivity index (χ0) is 17.2. The van der Waals surface area contributed by atoms with Gasteiger partial charge in [0, 0.05) is 17.9 Å². The van der Waals surface area contributed by atoms with Gasteiger partial charge in [-0.1, -0.05) is 25.0 Å². The van der Waals surface area contributed by atoms with Crippen LogP contribution < -0.4 is 10.6 Å². The molecule has 1 aliphatic heterocycles. The molecular weight excluding hydrogens is 318 g/mol. The molecule has 2 heterocycles. The molecule has 3 N–H and O–H groups in total. The van der Waals surface area contributed by atoms with E-state index in [1.54, 1.807) is 11.1 Å². The zero-order valence-electron chi connectivity index (χ0n) is 13.9. The molecular formula is C18H21N5O2. The number of piperazine rings is 1. The second-order valence-electron chi connectivity index (χ2n) is 6.63. The Morgan fingerprint density at radius 3 is 2.72 bits per heavy atom. The molecule has 2 fully saturated rings. The maximum atomic E-state index is 12.7. The summed E-state index contributed by atoms with van der Waals surface area (Å²) in [6, 6.07) is 9.43. The Kier molecular flexibility index (Phi) is 4.13. The van der Waals surface area contributed by atoms with E-state index in [2.05, 4.69) is 20.8 Å². The van der Waals surface area contributed by atoms with Crippen LogP contribution >= 0.6 is 0 Å². The lowest BCUT2D eigenvalue weighted by Gasteiger charge is -2.43. The van der Waals surface area contributed by atoms with Gasteiger partial charge in [-0.15, -0.1) is 0 Å². The van der Waals surface area contributed by atoms with Crippen molar-refractivity contribution in [2.75, 3.05) is 11.9 Å². The van der Waals surface area contributed by atoms with E-state index in [1.165, 1.54) is 0 Å². The van der Waals surface area contributed by atoms with Crippen LogP contribution in [-0.4, -0.2) is 45.7 Å². The van der Waals surface area contributed by atoms with Gasteiger partial charge in [0.05, 0.1) is 11.7 Å². The van der Waals surface area contributed by atoms with Crippen molar-refractivity contribution in [1.82, 2.24) is 20.4 Å². The highest BCUT2D eigenvalue weighted by atomic mass is 16.2. The number of benzene rings is 1. The van der Waals surface area contributed by atoms with E-state index in [4.69, 9.17) is 0 Å². The average molecular weight is 339 g/mol. The molecule has 0 radical (unpaired) electrons. The van der Waals surface area contributed by atoms with Crippen LogP contribution in [0.25, 0.3) is 11.3 Å². The minimum atomic E-state index is -0.207. The van der Waals surface area contributed by atoms with Gasteiger partial charge in [0.15, 0.2) is 0 Å². The van der Waals surface area contributed by atoms with Crippen molar-refractivity contribution in [2.24, 2.45) is 0 Å². The first kappa shape index (κ1) is 15.7. The summed E-state index contributed by atoms with van der Waals surface area (Å²) < 4.78 is 0. The molecule has 1 aliphatic carbocycles. The molecule has 1 aromatic carbocycles. The molecule has 0 bridgehead atoms. The molecule has 2 aliphatic rings. The second kappa shape index (κ2) is 6.58. The van der Waals surface area contributed by atoms with Crippen LogP contribution in [-0.2, 0) is 4.79 Å². The van der Waals surface area contributed by atoms with Gasteiger partial charge in [-0.3, -0.25) is 9.89 Å². The molecule has 7 nitrogen and oxygen atoms in total. The largest absolute Gasteiger partial charge is 0.350 e. The molecule has 1 aromatic heterocycles. The van der Waals surface area contributed by atoms with Crippen molar-refractivity contribution in [2.45, 2.75) is 37.8 Å². The number of nitrogens with one attached hydrogen (secondary N) is 3. The van der Waals surface area contributed by atoms with Crippen LogP contribution in [0.5, 0.6) is 0 Å². The van der Waals surface area contributed by atoms with Gasteiger partial charge in [0.2, 0.25) is 5.91 Å². The molecule has 7 heteroatoms. The van der Waals surface area contributed by atoms with E-state index >= 15 is 0 Å². The summed E-state index contributed by atoms with van der Waals surface area (Å²) in [5.41, 5.74) is 2.64. The summed E-state index contributed by atoms with van der Waals surface area (Å²) in [7, 11) is 0. The zero-order valence-corrected chi connectivity index (χ0v) is 13.9. The van der Waals surface area contributed by atoms with Crippen LogP contribution in [0.1, 0.15) is 25.7 Å². The number of H-pyrrole nitrogens is 1. The molecule has 3 amide bonds. The first-order valence-electron chi connectivity index (χ1n) is 8.67. The molecule has 0 unspecified atom stereocenters. The number of fused-ring (bicyclic) bond motifs is 1. The summed E-state index contributed by atoms with van der Waals surface area (Å²) in [6.07, 6.45) is 5.79. The van der Waals surface area contributed by atoms with Gasteiger partial charge in [-0.25, -0.2) is 4.79 Å². The van der Waals surface area contributed by atoms with Crippen molar-refractivity contribution < 1.29 is 9.59 Å². The highest BCUT2D eigenvalue weighted by Crippen LogP contribution is 2.26. The third-order valence-electron chi connectivity index (χ3n) is 5.00. The second-order valence-corrected chi connectivity index (χ2v) is 6.63. The molecule has 2 atom stereocenters. The highest BCUT2D eigenvalue weighted by Gasteiger charge is 2.38. The third kappa shape index (κ3) is 3.22. The number of amides is 3. The van der Waals surface area contributed by atoms with Gasteiger partial charge >= 0.3 is 6.03 Å². The number of rotatable bonds is 2. The van der Waals surface area contributed by atoms with Crippen molar-refractivity contribution in [1.29, 1.82) is 0 Å². The number of aromatic nitrogens is 2. The van der Waals surface area contributed by atoms with E-state index in [1.807, 2.05) is 30.3 Å². The third-order valence-corrected chi connectivity index (χ3v) is 5.00. The lowest BCUT2D eigenvalue weighted by atomic mass is 9.87. The molecule has 1 saturated carbocycles. The molecule has 4 rings (SSSR count). The Labute approximate surface area is 145 Å². The van der Waals surface area contributed by atoms with E-state index < -0.39 is 0 Å². The summed E-state index contributed by atoms with van der Waals surface area (Å²) >= 11 is 0. The summed E-state index contributed by atoms with van der Waals surface area (Å²) in [5.74, 6) is -0.0760. The smallest absolute Gasteiger partial charge is 0.322 e. The van der Waals surface area contributed by atoms with Crippen LogP contribution in [0, 0.1) is 0 Å². The van der Waals surface area contributed by atoms with Crippen molar-refractivity contribution in [3.63, 3.8) is 0 Å². The molecule has 0 spiro atoms. The maximum Gasteiger partial charge on any atom is 0.322 e. The van der Waals surface area contributed by atoms with Crippen LogP contribution in [0.2, 0.25) is 0 Å². The number of hydrogen-bond donors (Lipinski definition) is 3. The Morgan fingerprint density at radius 1 is 1.16 bits per heavy atom. The fourth-order valence-electron chi connectivity index (χ4n) is 3.74. The van der Waals surface area contributed by atoms with E-state index in [9.17, 15) is 9.59 Å². The summed E-state index contributed by atoms with van der Waals surface area (Å²) in [5, 5.41) is 12.8. The number of aromatic amines is 1. The number of hydrogen-bond acceptors (Lipinski definition) is 3. The fraction of sp³-hybridized carbons (Fsp3) is 0.389. The fourth-order valence-corrected chi connectivity index (χ4v) is 3.74. The van der Waals surface area contributed by atoms with Crippen LogP contribution in [0.4, 0.5) is 10.5 Å². The Balaban J connectivity index is 1.46. The number of carbonyl (C=O) groups is 2. The number of carbonyl (C=O) groups excluding carboxylic acids is 2. The maximum absolute atomic E-state index is 12.7. The van der Waals surface area contributed by atoms with Crippen molar-refractivity contribution in [3.05, 3.63) is 36.5 Å². The summed E-state index contributed by atoms with van der Waals surface area (Å²) in [6.45, 7) is 0.124. The number of nitrogens with zero attached hydrogens (tertiary/aromatic N) is 2. The molecule has 2 aromatic rings. The van der Waals surface area contributed by atoms with Crippen LogP contribution in [0.3, 0.4) is 0 Å². The molecule has 25 heavy (non-hydrogen) atoms. The standard InChI is InChI=1S/C18H21N5O2/c24-17-11-23(16-4-2-1-3-15(16)21-17)18(25)20-13-7-5-12(6-8-13)14-9-10-19-22-14/h5-10,15-16H,1-4,11H2,(H,19,22)(H,20,25)(H,21,24)/t15-,16-/m1/s1. The van der Waals surface area contributed by atoms with E-state index in [-0.39, 0.29) is 30.6 Å². The average Bonchev–Trinajstić information content (AvgIpc) is 3.16. The Hall–Kier alpha value is -2.83. The predicted molar refractivity (Wildman–Crippen MR) is 93.9 cm³/mol. The van der Waals surface area contributed by atoms with Crippen LogP contribution in [0.15, 0.2) is 36.5 Å². The number of urea groups is 1. The Morgan fingerprint density at radius 2 is 1.96 bits per heavy atom. The minimum absolute atomic E-state index is 0.0760. The van der Waals surface area contributed by atoms with Gasteiger partial charge < -0.3 is 15.5 Å². The van der Waals surface area contributed by atoms with E-state index in [0.717, 1.165) is 36.9 Å². The Bertz CT molecular complexity index is 756. The quantitative estimate of drug-likeness (QED) is 0.784. The monoisotopic (exact) mass is 339 g/mol. The van der Waals surface area contributed by atoms with Crippen molar-refractivity contribution in [3.8, 4) is 11.3 Å².